The first-order valence-electron chi connectivity index (χ1n) is 6.50. The van der Waals surface area contributed by atoms with Crippen LogP contribution in [0.2, 0.25) is 0 Å². The molecule has 0 aliphatic heterocycles. The summed E-state index contributed by atoms with van der Waals surface area (Å²) in [5.41, 5.74) is 6.97. The van der Waals surface area contributed by atoms with Crippen molar-refractivity contribution in [2.75, 3.05) is 12.3 Å². The van der Waals surface area contributed by atoms with Gasteiger partial charge in [-0.05, 0) is 40.4 Å². The summed E-state index contributed by atoms with van der Waals surface area (Å²) in [7, 11) is 0. The summed E-state index contributed by atoms with van der Waals surface area (Å²) in [5, 5.41) is 2.97. The van der Waals surface area contributed by atoms with Crippen molar-refractivity contribution >= 4 is 27.5 Å². The van der Waals surface area contributed by atoms with Crippen LogP contribution in [0.25, 0.3) is 0 Å². The van der Waals surface area contributed by atoms with Gasteiger partial charge in [0, 0.05) is 12.2 Å². The van der Waals surface area contributed by atoms with Gasteiger partial charge in [0.1, 0.15) is 0 Å². The predicted molar refractivity (Wildman–Crippen MR) is 77.5 cm³/mol. The standard InChI is InChI=1S/C14H19BrN2O/c15-13-11(6-3-7-12(13)16)14(18)17-9-8-10-4-1-2-5-10/h3,6-7,10H,1-2,4-5,8-9,16H2,(H,17,18). The van der Waals surface area contributed by atoms with E-state index in [-0.39, 0.29) is 5.91 Å². The lowest BCUT2D eigenvalue weighted by molar-refractivity contribution is 0.0950. The van der Waals surface area contributed by atoms with Gasteiger partial charge in [-0.25, -0.2) is 0 Å². The highest BCUT2D eigenvalue weighted by molar-refractivity contribution is 9.10. The molecule has 1 saturated carbocycles. The van der Waals surface area contributed by atoms with E-state index in [4.69, 9.17) is 5.73 Å². The minimum atomic E-state index is -0.0489. The number of carbonyl (C=O) groups is 1. The molecule has 0 radical (unpaired) electrons. The second kappa shape index (κ2) is 6.23. The van der Waals surface area contributed by atoms with Crippen LogP contribution in [0.3, 0.4) is 0 Å². The zero-order valence-corrected chi connectivity index (χ0v) is 12.0. The van der Waals surface area contributed by atoms with Gasteiger partial charge >= 0.3 is 0 Å². The molecule has 0 aromatic heterocycles. The maximum atomic E-state index is 12.0. The van der Waals surface area contributed by atoms with Gasteiger partial charge in [0.05, 0.1) is 10.0 Å². The zero-order chi connectivity index (χ0) is 13.0. The number of benzene rings is 1. The van der Waals surface area contributed by atoms with Crippen molar-refractivity contribution < 1.29 is 4.79 Å². The Morgan fingerprint density at radius 2 is 2.11 bits per heavy atom. The Kier molecular flexibility index (Phi) is 4.64. The Morgan fingerprint density at radius 3 is 2.83 bits per heavy atom. The first-order chi connectivity index (χ1) is 8.68. The molecule has 3 N–H and O–H groups in total. The molecule has 0 atom stereocenters. The SMILES string of the molecule is Nc1cccc(C(=O)NCCC2CCCC2)c1Br. The first kappa shape index (κ1) is 13.4. The molecule has 3 nitrogen and oxygen atoms in total. The number of carbonyl (C=O) groups excluding carboxylic acids is 1. The third-order valence-electron chi connectivity index (χ3n) is 3.59. The summed E-state index contributed by atoms with van der Waals surface area (Å²) >= 11 is 3.35. The van der Waals surface area contributed by atoms with Crippen LogP contribution in [-0.4, -0.2) is 12.5 Å². The molecule has 2 rings (SSSR count). The lowest BCUT2D eigenvalue weighted by Gasteiger charge is -2.11. The second-order valence-electron chi connectivity index (χ2n) is 4.90. The van der Waals surface area contributed by atoms with E-state index in [0.717, 1.165) is 18.9 Å². The van der Waals surface area contributed by atoms with E-state index < -0.39 is 0 Å². The minimum absolute atomic E-state index is 0.0489. The fraction of sp³-hybridized carbons (Fsp3) is 0.500. The highest BCUT2D eigenvalue weighted by Gasteiger charge is 2.16. The Balaban J connectivity index is 1.85. The molecule has 0 unspecified atom stereocenters. The molecule has 1 fully saturated rings. The quantitative estimate of drug-likeness (QED) is 0.838. The van der Waals surface area contributed by atoms with E-state index in [1.807, 2.05) is 0 Å². The van der Waals surface area contributed by atoms with Crippen molar-refractivity contribution in [1.82, 2.24) is 5.32 Å². The molecule has 98 valence electrons. The van der Waals surface area contributed by atoms with Crippen LogP contribution in [0, 0.1) is 5.92 Å². The fourth-order valence-electron chi connectivity index (χ4n) is 2.51. The molecule has 1 aliphatic rings. The summed E-state index contributed by atoms with van der Waals surface area (Å²) in [6.45, 7) is 0.755. The topological polar surface area (TPSA) is 55.1 Å². The van der Waals surface area contributed by atoms with Crippen molar-refractivity contribution in [3.63, 3.8) is 0 Å². The van der Waals surface area contributed by atoms with Crippen LogP contribution in [0.5, 0.6) is 0 Å². The maximum Gasteiger partial charge on any atom is 0.252 e. The van der Waals surface area contributed by atoms with Gasteiger partial charge < -0.3 is 11.1 Å². The number of hydrogen-bond acceptors (Lipinski definition) is 2. The molecule has 1 aromatic rings. The molecule has 1 aliphatic carbocycles. The summed E-state index contributed by atoms with van der Waals surface area (Å²) in [4.78, 5) is 12.0. The van der Waals surface area contributed by atoms with Crippen molar-refractivity contribution in [3.8, 4) is 0 Å². The molecule has 0 saturated heterocycles. The lowest BCUT2D eigenvalue weighted by Crippen LogP contribution is -2.26. The van der Waals surface area contributed by atoms with E-state index in [9.17, 15) is 4.79 Å². The smallest absolute Gasteiger partial charge is 0.252 e. The summed E-state index contributed by atoms with van der Waals surface area (Å²) in [6, 6.07) is 5.36. The van der Waals surface area contributed by atoms with Gasteiger partial charge in [0.25, 0.3) is 5.91 Å². The highest BCUT2D eigenvalue weighted by atomic mass is 79.9. The van der Waals surface area contributed by atoms with Crippen LogP contribution in [0.15, 0.2) is 22.7 Å². The average Bonchev–Trinajstić information content (AvgIpc) is 2.85. The van der Waals surface area contributed by atoms with Crippen molar-refractivity contribution in [3.05, 3.63) is 28.2 Å². The minimum Gasteiger partial charge on any atom is -0.398 e. The third-order valence-corrected chi connectivity index (χ3v) is 4.47. The van der Waals surface area contributed by atoms with Gasteiger partial charge in [-0.2, -0.15) is 0 Å². The molecular formula is C14H19BrN2O. The van der Waals surface area contributed by atoms with Crippen molar-refractivity contribution in [2.45, 2.75) is 32.1 Å². The summed E-state index contributed by atoms with van der Waals surface area (Å²) in [5.74, 6) is 0.752. The number of nitrogens with one attached hydrogen (secondary N) is 1. The van der Waals surface area contributed by atoms with Gasteiger partial charge in [-0.1, -0.05) is 31.7 Å². The number of rotatable bonds is 4. The molecule has 1 amide bonds. The predicted octanol–water partition coefficient (Wildman–Crippen LogP) is 3.34. The van der Waals surface area contributed by atoms with Crippen LogP contribution >= 0.6 is 15.9 Å². The number of nitrogen functional groups attached to an aromatic ring is 1. The monoisotopic (exact) mass is 310 g/mol. The zero-order valence-electron chi connectivity index (χ0n) is 10.4. The van der Waals surface area contributed by atoms with E-state index in [2.05, 4.69) is 21.2 Å². The molecule has 0 heterocycles. The number of anilines is 1. The molecule has 18 heavy (non-hydrogen) atoms. The number of amides is 1. The molecule has 0 spiro atoms. The van der Waals surface area contributed by atoms with Gasteiger partial charge in [0.15, 0.2) is 0 Å². The fourth-order valence-corrected chi connectivity index (χ4v) is 2.95. The lowest BCUT2D eigenvalue weighted by atomic mass is 10.0. The third kappa shape index (κ3) is 3.25. The number of halogens is 1. The summed E-state index contributed by atoms with van der Waals surface area (Å²) < 4.78 is 0.684. The van der Waals surface area contributed by atoms with Crippen LogP contribution in [0.1, 0.15) is 42.5 Å². The number of nitrogens with two attached hydrogens (primary N) is 1. The first-order valence-corrected chi connectivity index (χ1v) is 7.30. The van der Waals surface area contributed by atoms with Crippen LogP contribution in [-0.2, 0) is 0 Å². The van der Waals surface area contributed by atoms with Gasteiger partial charge in [0.2, 0.25) is 0 Å². The Hall–Kier alpha value is -1.03. The van der Waals surface area contributed by atoms with E-state index in [0.29, 0.717) is 15.7 Å². The normalized spacial score (nSPS) is 15.8. The highest BCUT2D eigenvalue weighted by Crippen LogP contribution is 2.27. The second-order valence-corrected chi connectivity index (χ2v) is 5.70. The maximum absolute atomic E-state index is 12.0. The average molecular weight is 311 g/mol. The summed E-state index contributed by atoms with van der Waals surface area (Å²) in [6.07, 6.45) is 6.42. The van der Waals surface area contributed by atoms with E-state index in [1.165, 1.54) is 25.7 Å². The van der Waals surface area contributed by atoms with Crippen LogP contribution in [0.4, 0.5) is 5.69 Å². The molecular weight excluding hydrogens is 292 g/mol. The largest absolute Gasteiger partial charge is 0.398 e. The van der Waals surface area contributed by atoms with E-state index >= 15 is 0 Å². The van der Waals surface area contributed by atoms with Gasteiger partial charge in [-0.3, -0.25) is 4.79 Å². The van der Waals surface area contributed by atoms with Crippen molar-refractivity contribution in [2.24, 2.45) is 5.92 Å². The van der Waals surface area contributed by atoms with Crippen molar-refractivity contribution in [1.29, 1.82) is 0 Å². The van der Waals surface area contributed by atoms with E-state index in [1.54, 1.807) is 18.2 Å². The Labute approximate surface area is 116 Å². The number of hydrogen-bond donors (Lipinski definition) is 2. The van der Waals surface area contributed by atoms with Crippen LogP contribution < -0.4 is 11.1 Å². The molecule has 4 heteroatoms. The molecule has 0 bridgehead atoms. The molecule has 1 aromatic carbocycles. The Bertz CT molecular complexity index is 428. The Morgan fingerprint density at radius 1 is 1.39 bits per heavy atom. The van der Waals surface area contributed by atoms with Gasteiger partial charge in [-0.15, -0.1) is 0 Å².